The normalized spacial score (nSPS) is 12.5. The first-order chi connectivity index (χ1) is 10.8. The van der Waals surface area contributed by atoms with Gasteiger partial charge >= 0.3 is 0 Å². The van der Waals surface area contributed by atoms with Crippen molar-refractivity contribution in [2.24, 2.45) is 0 Å². The number of hydrogen-bond acceptors (Lipinski definition) is 3. The molecule has 1 N–H and O–H groups in total. The molecule has 5 heteroatoms. The molecule has 0 saturated carbocycles. The lowest BCUT2D eigenvalue weighted by molar-refractivity contribution is 0.262. The summed E-state index contributed by atoms with van der Waals surface area (Å²) in [4.78, 5) is 2.51. The van der Waals surface area contributed by atoms with Gasteiger partial charge in [-0.25, -0.2) is 4.72 Å². The summed E-state index contributed by atoms with van der Waals surface area (Å²) in [5.41, 5.74) is 0. The molecule has 0 bridgehead atoms. The van der Waals surface area contributed by atoms with Gasteiger partial charge in [0.15, 0.2) is 0 Å². The van der Waals surface area contributed by atoms with Crippen LogP contribution in [0, 0.1) is 0 Å². The zero-order chi connectivity index (χ0) is 16.0. The monoisotopic (exact) mass is 326 g/mol. The molecule has 1 aromatic carbocycles. The summed E-state index contributed by atoms with van der Waals surface area (Å²) in [6, 6.07) is 9.25. The molecule has 4 nitrogen and oxygen atoms in total. The number of unbranched alkanes of at least 4 members (excludes halogenated alkanes) is 2. The number of benzene rings is 1. The maximum absolute atomic E-state index is 11.8. The van der Waals surface area contributed by atoms with E-state index in [1.165, 1.54) is 38.8 Å². The van der Waals surface area contributed by atoms with Gasteiger partial charge < -0.3 is 9.08 Å². The van der Waals surface area contributed by atoms with E-state index in [1.807, 2.05) is 18.2 Å². The van der Waals surface area contributed by atoms with Crippen molar-refractivity contribution < 1.29 is 8.39 Å². The quantitative estimate of drug-likeness (QED) is 0.564. The van der Waals surface area contributed by atoms with Gasteiger partial charge in [0.2, 0.25) is 0 Å². The number of para-hydroxylation sites is 1. The maximum Gasteiger partial charge on any atom is 0.287 e. The Bertz CT molecular complexity index is 393. The predicted molar refractivity (Wildman–Crippen MR) is 94.1 cm³/mol. The zero-order valence-electron chi connectivity index (χ0n) is 13.9. The van der Waals surface area contributed by atoms with E-state index in [0.29, 0.717) is 12.3 Å². The summed E-state index contributed by atoms with van der Waals surface area (Å²) < 4.78 is 20.0. The molecule has 0 aromatic heterocycles. The highest BCUT2D eigenvalue weighted by atomic mass is 32.2. The minimum absolute atomic E-state index is 0.626. The standard InChI is InChI=1S/C17H30N2O2S/c1-3-5-14-19(15-6-4-2)16-10-13-18-22(20)21-17-11-8-7-9-12-17/h7-9,11-12,18H,3-6,10,13-16H2,1-2H3. The average Bonchev–Trinajstić information content (AvgIpc) is 2.54. The molecule has 1 aromatic rings. The average molecular weight is 327 g/mol. The second-order valence-corrected chi connectivity index (χ2v) is 6.35. The van der Waals surface area contributed by atoms with E-state index in [4.69, 9.17) is 4.18 Å². The van der Waals surface area contributed by atoms with Gasteiger partial charge in [-0.15, -0.1) is 0 Å². The Hall–Kier alpha value is -0.910. The lowest BCUT2D eigenvalue weighted by atomic mass is 10.2. The summed E-state index contributed by atoms with van der Waals surface area (Å²) in [5, 5.41) is 0. The van der Waals surface area contributed by atoms with Crippen LogP contribution in [0.2, 0.25) is 0 Å². The topological polar surface area (TPSA) is 41.6 Å². The summed E-state index contributed by atoms with van der Waals surface area (Å²) >= 11 is -1.46. The van der Waals surface area contributed by atoms with Crippen molar-refractivity contribution in [1.82, 2.24) is 9.62 Å². The van der Waals surface area contributed by atoms with Crippen LogP contribution in [0.15, 0.2) is 30.3 Å². The lowest BCUT2D eigenvalue weighted by Crippen LogP contribution is -2.30. The molecule has 0 aliphatic carbocycles. The Morgan fingerprint density at radius 3 is 2.18 bits per heavy atom. The third-order valence-corrected chi connectivity index (χ3v) is 4.23. The SMILES string of the molecule is CCCCN(CCCC)CCCNS(=O)Oc1ccccc1. The predicted octanol–water partition coefficient (Wildman–Crippen LogP) is 3.53. The maximum atomic E-state index is 11.8. The minimum Gasteiger partial charge on any atom is -0.389 e. The summed E-state index contributed by atoms with van der Waals surface area (Å²) in [7, 11) is 0. The molecule has 22 heavy (non-hydrogen) atoms. The van der Waals surface area contributed by atoms with E-state index >= 15 is 0 Å². The molecule has 1 rings (SSSR count). The van der Waals surface area contributed by atoms with Crippen LogP contribution >= 0.6 is 0 Å². The molecule has 0 heterocycles. The van der Waals surface area contributed by atoms with Crippen LogP contribution in [-0.2, 0) is 11.3 Å². The first-order valence-corrected chi connectivity index (χ1v) is 9.44. The fourth-order valence-corrected chi connectivity index (χ4v) is 2.81. The van der Waals surface area contributed by atoms with Gasteiger partial charge in [0.1, 0.15) is 5.75 Å². The Morgan fingerprint density at radius 1 is 1.00 bits per heavy atom. The highest BCUT2D eigenvalue weighted by Gasteiger charge is 2.05. The first kappa shape index (κ1) is 19.1. The molecule has 0 radical (unpaired) electrons. The van der Waals surface area contributed by atoms with Crippen LogP contribution in [0.3, 0.4) is 0 Å². The van der Waals surface area contributed by atoms with E-state index in [2.05, 4.69) is 23.5 Å². The number of hydrogen-bond donors (Lipinski definition) is 1. The molecule has 0 aliphatic heterocycles. The Kier molecular flexibility index (Phi) is 11.0. The molecule has 126 valence electrons. The third kappa shape index (κ3) is 9.18. The highest BCUT2D eigenvalue weighted by Crippen LogP contribution is 2.09. The summed E-state index contributed by atoms with van der Waals surface area (Å²) in [6.45, 7) is 8.54. The van der Waals surface area contributed by atoms with Crippen molar-refractivity contribution >= 4 is 11.3 Å². The van der Waals surface area contributed by atoms with Crippen LogP contribution < -0.4 is 8.91 Å². The molecule has 0 aliphatic rings. The van der Waals surface area contributed by atoms with Crippen molar-refractivity contribution in [1.29, 1.82) is 0 Å². The van der Waals surface area contributed by atoms with E-state index < -0.39 is 11.3 Å². The van der Waals surface area contributed by atoms with Gasteiger partial charge in [0.25, 0.3) is 11.3 Å². The van der Waals surface area contributed by atoms with E-state index in [9.17, 15) is 4.21 Å². The summed E-state index contributed by atoms with van der Waals surface area (Å²) in [6.07, 6.45) is 5.95. The van der Waals surface area contributed by atoms with Crippen LogP contribution in [0.1, 0.15) is 46.0 Å². The number of nitrogens with one attached hydrogen (secondary N) is 1. The van der Waals surface area contributed by atoms with Crippen molar-refractivity contribution in [2.45, 2.75) is 46.0 Å². The second kappa shape index (κ2) is 12.6. The smallest absolute Gasteiger partial charge is 0.287 e. The van der Waals surface area contributed by atoms with Gasteiger partial charge in [-0.05, 0) is 51.0 Å². The second-order valence-electron chi connectivity index (χ2n) is 5.43. The molecule has 0 saturated heterocycles. The first-order valence-electron chi connectivity index (χ1n) is 8.37. The van der Waals surface area contributed by atoms with Crippen LogP contribution in [-0.4, -0.2) is 35.3 Å². The minimum atomic E-state index is -1.46. The highest BCUT2D eigenvalue weighted by molar-refractivity contribution is 7.78. The van der Waals surface area contributed by atoms with E-state index in [0.717, 1.165) is 13.0 Å². The zero-order valence-corrected chi connectivity index (χ0v) is 14.7. The molecule has 1 atom stereocenters. The van der Waals surface area contributed by atoms with Crippen LogP contribution in [0.5, 0.6) is 5.75 Å². The number of nitrogens with zero attached hydrogens (tertiary/aromatic N) is 1. The Morgan fingerprint density at radius 2 is 1.59 bits per heavy atom. The molecule has 1 unspecified atom stereocenters. The van der Waals surface area contributed by atoms with Gasteiger partial charge in [-0.2, -0.15) is 4.21 Å². The fraction of sp³-hybridized carbons (Fsp3) is 0.647. The van der Waals surface area contributed by atoms with Crippen LogP contribution in [0.4, 0.5) is 0 Å². The largest absolute Gasteiger partial charge is 0.389 e. The third-order valence-electron chi connectivity index (χ3n) is 3.44. The molecule has 0 amide bonds. The van der Waals surface area contributed by atoms with Gasteiger partial charge in [0.05, 0.1) is 0 Å². The van der Waals surface area contributed by atoms with Crippen LogP contribution in [0.25, 0.3) is 0 Å². The van der Waals surface area contributed by atoms with Gasteiger partial charge in [-0.1, -0.05) is 44.9 Å². The Balaban J connectivity index is 2.17. The van der Waals surface area contributed by atoms with Crippen molar-refractivity contribution in [3.05, 3.63) is 30.3 Å². The van der Waals surface area contributed by atoms with Crippen molar-refractivity contribution in [3.8, 4) is 5.75 Å². The van der Waals surface area contributed by atoms with Gasteiger partial charge in [0, 0.05) is 6.54 Å². The molecule has 0 fully saturated rings. The van der Waals surface area contributed by atoms with E-state index in [1.54, 1.807) is 12.1 Å². The molecular weight excluding hydrogens is 296 g/mol. The van der Waals surface area contributed by atoms with Crippen molar-refractivity contribution in [2.75, 3.05) is 26.2 Å². The lowest BCUT2D eigenvalue weighted by Gasteiger charge is -2.21. The number of rotatable bonds is 13. The van der Waals surface area contributed by atoms with Crippen molar-refractivity contribution in [3.63, 3.8) is 0 Å². The molecule has 0 spiro atoms. The Labute approximate surface area is 138 Å². The summed E-state index contributed by atoms with van der Waals surface area (Å²) in [5.74, 6) is 0.626. The van der Waals surface area contributed by atoms with Gasteiger partial charge in [-0.3, -0.25) is 0 Å². The fourth-order valence-electron chi connectivity index (χ4n) is 2.15. The van der Waals surface area contributed by atoms with E-state index in [-0.39, 0.29) is 0 Å². The molecular formula is C17H30N2O2S.